The van der Waals surface area contributed by atoms with Crippen molar-refractivity contribution in [3.05, 3.63) is 23.3 Å². The quantitative estimate of drug-likeness (QED) is 0.865. The Morgan fingerprint density at radius 1 is 1.50 bits per heavy atom. The monoisotopic (exact) mass is 279 g/mol. The second-order valence-corrected chi connectivity index (χ2v) is 5.03. The molecule has 2 aliphatic heterocycles. The minimum Gasteiger partial charge on any atom is -0.481 e. The molecule has 2 atom stereocenters. The molecule has 1 aromatic carbocycles. The van der Waals surface area contributed by atoms with Gasteiger partial charge in [-0.1, -0.05) is 6.07 Å². The van der Waals surface area contributed by atoms with Crippen LogP contribution in [-0.4, -0.2) is 31.5 Å². The average molecular weight is 279 g/mol. The van der Waals surface area contributed by atoms with E-state index in [2.05, 4.69) is 5.32 Å². The van der Waals surface area contributed by atoms with Crippen molar-refractivity contribution in [3.8, 4) is 11.5 Å². The normalized spacial score (nSPS) is 24.1. The molecule has 1 saturated heterocycles. The van der Waals surface area contributed by atoms with Crippen molar-refractivity contribution in [1.29, 1.82) is 0 Å². The number of carboxylic acids is 1. The molecule has 0 aromatic heterocycles. The first-order valence-corrected chi connectivity index (χ1v) is 6.57. The molecule has 108 valence electrons. The molecule has 0 spiro atoms. The molecule has 0 radical (unpaired) electrons. The van der Waals surface area contributed by atoms with Crippen molar-refractivity contribution >= 4 is 5.97 Å². The number of ether oxygens (including phenoxy) is 3. The average Bonchev–Trinajstić information content (AvgIpc) is 3.08. The van der Waals surface area contributed by atoms with Crippen LogP contribution in [0.15, 0.2) is 12.1 Å². The van der Waals surface area contributed by atoms with Gasteiger partial charge in [-0.05, 0) is 18.1 Å². The number of rotatable bonds is 4. The lowest BCUT2D eigenvalue weighted by molar-refractivity contribution is -0.141. The van der Waals surface area contributed by atoms with Gasteiger partial charge in [0.25, 0.3) is 0 Å². The van der Waals surface area contributed by atoms with Gasteiger partial charge in [0, 0.05) is 25.3 Å². The summed E-state index contributed by atoms with van der Waals surface area (Å²) in [5, 5.41) is 12.4. The third-order valence-electron chi connectivity index (χ3n) is 3.82. The maximum atomic E-state index is 11.1. The topological polar surface area (TPSA) is 77.0 Å². The highest BCUT2D eigenvalue weighted by atomic mass is 16.7. The summed E-state index contributed by atoms with van der Waals surface area (Å²) in [6.45, 7) is 1.12. The predicted molar refractivity (Wildman–Crippen MR) is 69.8 cm³/mol. The van der Waals surface area contributed by atoms with Crippen molar-refractivity contribution in [2.75, 3.05) is 20.4 Å². The van der Waals surface area contributed by atoms with E-state index in [1.54, 1.807) is 7.11 Å². The molecule has 3 rings (SSSR count). The molecule has 1 aromatic rings. The Hall–Kier alpha value is -1.79. The van der Waals surface area contributed by atoms with Gasteiger partial charge in [-0.3, -0.25) is 4.79 Å². The van der Waals surface area contributed by atoms with Crippen LogP contribution in [0.1, 0.15) is 23.6 Å². The molecule has 6 nitrogen and oxygen atoms in total. The van der Waals surface area contributed by atoms with Crippen LogP contribution in [0.5, 0.6) is 11.5 Å². The molecule has 2 heterocycles. The van der Waals surface area contributed by atoms with Crippen LogP contribution >= 0.6 is 0 Å². The van der Waals surface area contributed by atoms with Crippen LogP contribution in [-0.2, 0) is 16.1 Å². The second-order valence-electron chi connectivity index (χ2n) is 5.03. The first kappa shape index (κ1) is 13.2. The Balaban J connectivity index is 1.92. The molecule has 0 aliphatic carbocycles. The Labute approximate surface area is 116 Å². The van der Waals surface area contributed by atoms with E-state index in [1.807, 2.05) is 12.1 Å². The summed E-state index contributed by atoms with van der Waals surface area (Å²) in [5.41, 5.74) is 1.96. The number of nitrogens with one attached hydrogen (secondary N) is 1. The molecule has 0 amide bonds. The van der Waals surface area contributed by atoms with Crippen LogP contribution < -0.4 is 14.8 Å². The highest BCUT2D eigenvalue weighted by Crippen LogP contribution is 2.41. The summed E-state index contributed by atoms with van der Waals surface area (Å²) >= 11 is 0. The summed E-state index contributed by atoms with van der Waals surface area (Å²) in [6, 6.07) is 3.84. The molecule has 20 heavy (non-hydrogen) atoms. The minimum absolute atomic E-state index is 0.00995. The van der Waals surface area contributed by atoms with Gasteiger partial charge in [-0.15, -0.1) is 0 Å². The molecule has 0 saturated carbocycles. The largest absolute Gasteiger partial charge is 0.481 e. The van der Waals surface area contributed by atoms with Gasteiger partial charge >= 0.3 is 5.97 Å². The van der Waals surface area contributed by atoms with E-state index in [1.165, 1.54) is 0 Å². The number of fused-ring (bicyclic) bond motifs is 1. The third-order valence-corrected chi connectivity index (χ3v) is 3.82. The third kappa shape index (κ3) is 2.21. The van der Waals surface area contributed by atoms with Crippen LogP contribution in [0.3, 0.4) is 0 Å². The van der Waals surface area contributed by atoms with Crippen LogP contribution in [0, 0.1) is 5.92 Å². The summed E-state index contributed by atoms with van der Waals surface area (Å²) in [5.74, 6) is 0.327. The fourth-order valence-corrected chi connectivity index (χ4v) is 2.83. The zero-order chi connectivity index (χ0) is 14.1. The van der Waals surface area contributed by atoms with Gasteiger partial charge in [-0.25, -0.2) is 0 Å². The SMILES string of the molecule is COCc1c(C2CC(C(=O)O)CN2)ccc2c1OCO2. The Morgan fingerprint density at radius 3 is 3.05 bits per heavy atom. The van der Waals surface area contributed by atoms with Crippen molar-refractivity contribution in [2.45, 2.75) is 19.1 Å². The van der Waals surface area contributed by atoms with Crippen molar-refractivity contribution < 1.29 is 24.1 Å². The fourth-order valence-electron chi connectivity index (χ4n) is 2.83. The smallest absolute Gasteiger partial charge is 0.307 e. The predicted octanol–water partition coefficient (Wildman–Crippen LogP) is 1.30. The van der Waals surface area contributed by atoms with Gasteiger partial charge in [0.15, 0.2) is 11.5 Å². The van der Waals surface area contributed by atoms with Gasteiger partial charge < -0.3 is 24.6 Å². The lowest BCUT2D eigenvalue weighted by Crippen LogP contribution is -2.18. The number of carbonyl (C=O) groups is 1. The highest BCUT2D eigenvalue weighted by molar-refractivity contribution is 5.71. The number of methoxy groups -OCH3 is 1. The first-order valence-electron chi connectivity index (χ1n) is 6.57. The summed E-state index contributed by atoms with van der Waals surface area (Å²) < 4.78 is 16.1. The molecule has 2 unspecified atom stereocenters. The fraction of sp³-hybridized carbons (Fsp3) is 0.500. The zero-order valence-electron chi connectivity index (χ0n) is 11.2. The Bertz CT molecular complexity index is 531. The maximum absolute atomic E-state index is 11.1. The van der Waals surface area contributed by atoms with E-state index in [-0.39, 0.29) is 18.8 Å². The molecule has 2 N–H and O–H groups in total. The van der Waals surface area contributed by atoms with Gasteiger partial charge in [0.05, 0.1) is 12.5 Å². The Kier molecular flexibility index (Phi) is 3.50. The number of benzene rings is 1. The van der Waals surface area contributed by atoms with E-state index in [4.69, 9.17) is 19.3 Å². The molecule has 6 heteroatoms. The number of aliphatic carboxylic acids is 1. The standard InChI is InChI=1S/C14H17NO5/c1-18-6-10-9(2-3-12-13(10)20-7-19-12)11-4-8(5-15-11)14(16)17/h2-3,8,11,15H,4-7H2,1H3,(H,16,17). The van der Waals surface area contributed by atoms with Crippen LogP contribution in [0.2, 0.25) is 0 Å². The number of carboxylic acid groups (broad SMARTS) is 1. The minimum atomic E-state index is -0.756. The van der Waals surface area contributed by atoms with Crippen LogP contribution in [0.25, 0.3) is 0 Å². The molecular weight excluding hydrogens is 262 g/mol. The maximum Gasteiger partial charge on any atom is 0.307 e. The van der Waals surface area contributed by atoms with Crippen molar-refractivity contribution in [1.82, 2.24) is 5.32 Å². The summed E-state index contributed by atoms with van der Waals surface area (Å²) in [4.78, 5) is 11.1. The van der Waals surface area contributed by atoms with E-state index in [0.29, 0.717) is 31.1 Å². The lowest BCUT2D eigenvalue weighted by atomic mass is 9.95. The molecular formula is C14H17NO5. The van der Waals surface area contributed by atoms with Crippen molar-refractivity contribution in [2.24, 2.45) is 5.92 Å². The van der Waals surface area contributed by atoms with E-state index >= 15 is 0 Å². The van der Waals surface area contributed by atoms with Crippen molar-refractivity contribution in [3.63, 3.8) is 0 Å². The summed E-state index contributed by atoms with van der Waals surface area (Å²) in [7, 11) is 1.63. The molecule has 2 aliphatic rings. The number of hydrogen-bond acceptors (Lipinski definition) is 5. The highest BCUT2D eigenvalue weighted by Gasteiger charge is 2.33. The Morgan fingerprint density at radius 2 is 2.35 bits per heavy atom. The van der Waals surface area contributed by atoms with Gasteiger partial charge in [-0.2, -0.15) is 0 Å². The van der Waals surface area contributed by atoms with Gasteiger partial charge in [0.2, 0.25) is 6.79 Å². The van der Waals surface area contributed by atoms with E-state index in [9.17, 15) is 4.79 Å². The lowest BCUT2D eigenvalue weighted by Gasteiger charge is -2.17. The van der Waals surface area contributed by atoms with Crippen LogP contribution in [0.4, 0.5) is 0 Å². The van der Waals surface area contributed by atoms with E-state index < -0.39 is 5.97 Å². The zero-order valence-corrected chi connectivity index (χ0v) is 11.2. The molecule has 0 bridgehead atoms. The second kappa shape index (κ2) is 5.30. The summed E-state index contributed by atoms with van der Waals surface area (Å²) in [6.07, 6.45) is 0.575. The molecule has 1 fully saturated rings. The van der Waals surface area contributed by atoms with E-state index in [0.717, 1.165) is 11.1 Å². The number of hydrogen-bond donors (Lipinski definition) is 2. The van der Waals surface area contributed by atoms with Gasteiger partial charge in [0.1, 0.15) is 0 Å². The first-order chi connectivity index (χ1) is 9.70.